The van der Waals surface area contributed by atoms with Gasteiger partial charge in [-0.05, 0) is 24.8 Å². The normalized spacial score (nSPS) is 23.2. The Morgan fingerprint density at radius 2 is 2.05 bits per heavy atom. The highest BCUT2D eigenvalue weighted by molar-refractivity contribution is 5.86. The van der Waals surface area contributed by atoms with Gasteiger partial charge in [-0.3, -0.25) is 9.59 Å². The lowest BCUT2D eigenvalue weighted by atomic mass is 9.95. The molecule has 0 bridgehead atoms. The van der Waals surface area contributed by atoms with Gasteiger partial charge in [0.15, 0.2) is 0 Å². The van der Waals surface area contributed by atoms with Gasteiger partial charge >= 0.3 is 0 Å². The van der Waals surface area contributed by atoms with Crippen LogP contribution in [0.4, 0.5) is 0 Å². The fraction of sp³-hybridized carbons (Fsp3) is 0.529. The summed E-state index contributed by atoms with van der Waals surface area (Å²) in [5, 5.41) is 3.07. The smallest absolute Gasteiger partial charge is 0.227 e. The maximum Gasteiger partial charge on any atom is 0.227 e. The van der Waals surface area contributed by atoms with Gasteiger partial charge in [0, 0.05) is 19.0 Å². The van der Waals surface area contributed by atoms with Crippen molar-refractivity contribution in [2.75, 3.05) is 6.54 Å². The molecule has 1 aliphatic carbocycles. The highest BCUT2D eigenvalue weighted by Gasteiger charge is 2.40. The first-order chi connectivity index (χ1) is 10.2. The van der Waals surface area contributed by atoms with E-state index in [-0.39, 0.29) is 23.8 Å². The fourth-order valence-corrected chi connectivity index (χ4v) is 3.13. The number of carbonyl (C=O) groups is 2. The van der Waals surface area contributed by atoms with Gasteiger partial charge in [0.1, 0.15) is 0 Å². The van der Waals surface area contributed by atoms with Gasteiger partial charge in [0.05, 0.1) is 12.0 Å². The van der Waals surface area contributed by atoms with Crippen molar-refractivity contribution in [3.05, 3.63) is 35.9 Å². The Labute approximate surface area is 125 Å². The Balaban J connectivity index is 1.61. The molecule has 2 atom stereocenters. The summed E-state index contributed by atoms with van der Waals surface area (Å²) in [7, 11) is 0. The number of carbonyl (C=O) groups excluding carboxylic acids is 2. The molecule has 0 spiro atoms. The van der Waals surface area contributed by atoms with Gasteiger partial charge in [-0.25, -0.2) is 0 Å². The lowest BCUT2D eigenvalue weighted by molar-refractivity contribution is -0.128. The van der Waals surface area contributed by atoms with Gasteiger partial charge in [-0.15, -0.1) is 0 Å². The number of hydrogen-bond acceptors (Lipinski definition) is 2. The van der Waals surface area contributed by atoms with Gasteiger partial charge < -0.3 is 10.2 Å². The average Bonchev–Trinajstić information content (AvgIpc) is 3.25. The first-order valence-corrected chi connectivity index (χ1v) is 7.83. The zero-order valence-corrected chi connectivity index (χ0v) is 12.4. The molecule has 112 valence electrons. The predicted molar refractivity (Wildman–Crippen MR) is 80.8 cm³/mol. The van der Waals surface area contributed by atoms with Crippen LogP contribution < -0.4 is 5.32 Å². The van der Waals surface area contributed by atoms with Gasteiger partial charge in [-0.2, -0.15) is 0 Å². The molecule has 1 N–H and O–H groups in total. The number of amides is 2. The Bertz CT molecular complexity index is 525. The number of hydrogen-bond donors (Lipinski definition) is 1. The van der Waals surface area contributed by atoms with Crippen LogP contribution in [-0.2, 0) is 9.59 Å². The first-order valence-electron chi connectivity index (χ1n) is 7.83. The zero-order chi connectivity index (χ0) is 14.8. The molecule has 2 fully saturated rings. The molecule has 4 heteroatoms. The Kier molecular flexibility index (Phi) is 3.95. The van der Waals surface area contributed by atoms with E-state index in [1.165, 1.54) is 0 Å². The lowest BCUT2D eigenvalue weighted by Gasteiger charge is -2.19. The molecule has 0 aromatic heterocycles. The molecule has 3 rings (SSSR count). The maximum atomic E-state index is 12.5. The van der Waals surface area contributed by atoms with Crippen LogP contribution in [0.25, 0.3) is 0 Å². The maximum absolute atomic E-state index is 12.5. The SMILES string of the molecule is CC[C@H](C(=O)N[C@@H]1CC(=O)N(C2CC2)C1)c1ccccc1. The van der Waals surface area contributed by atoms with Crippen molar-refractivity contribution in [2.45, 2.75) is 50.6 Å². The van der Waals surface area contributed by atoms with Crippen molar-refractivity contribution in [1.82, 2.24) is 10.2 Å². The van der Waals surface area contributed by atoms with Crippen molar-refractivity contribution in [3.8, 4) is 0 Å². The molecule has 1 saturated carbocycles. The zero-order valence-electron chi connectivity index (χ0n) is 12.4. The third-order valence-corrected chi connectivity index (χ3v) is 4.42. The summed E-state index contributed by atoms with van der Waals surface area (Å²) < 4.78 is 0. The van der Waals surface area contributed by atoms with Crippen LogP contribution in [0, 0.1) is 0 Å². The summed E-state index contributed by atoms with van der Waals surface area (Å²) in [5.74, 6) is 0.103. The molecule has 21 heavy (non-hydrogen) atoms. The van der Waals surface area contributed by atoms with Crippen LogP contribution in [-0.4, -0.2) is 35.3 Å². The molecule has 1 heterocycles. The van der Waals surface area contributed by atoms with Crippen LogP contribution >= 0.6 is 0 Å². The van der Waals surface area contributed by atoms with Crippen LogP contribution in [0.3, 0.4) is 0 Å². The van der Waals surface area contributed by atoms with Crippen LogP contribution in [0.5, 0.6) is 0 Å². The lowest BCUT2D eigenvalue weighted by Crippen LogP contribution is -2.40. The summed E-state index contributed by atoms with van der Waals surface area (Å²) in [5.41, 5.74) is 1.04. The predicted octanol–water partition coefficient (Wildman–Crippen LogP) is 2.06. The van der Waals surface area contributed by atoms with Crippen LogP contribution in [0.15, 0.2) is 30.3 Å². The summed E-state index contributed by atoms with van der Waals surface area (Å²) in [6, 6.07) is 10.3. The third-order valence-electron chi connectivity index (χ3n) is 4.42. The summed E-state index contributed by atoms with van der Waals surface area (Å²) >= 11 is 0. The van der Waals surface area contributed by atoms with Crippen molar-refractivity contribution < 1.29 is 9.59 Å². The van der Waals surface area contributed by atoms with E-state index in [0.29, 0.717) is 19.0 Å². The molecule has 0 radical (unpaired) electrons. The standard InChI is InChI=1S/C17H22N2O2/c1-2-15(12-6-4-3-5-7-12)17(21)18-13-10-16(20)19(11-13)14-8-9-14/h3-7,13-15H,2,8-11H2,1H3,(H,18,21)/t13-,15+/m1/s1. The second-order valence-electron chi connectivity index (χ2n) is 6.06. The molecular weight excluding hydrogens is 264 g/mol. The second kappa shape index (κ2) is 5.88. The number of nitrogens with one attached hydrogen (secondary N) is 1. The van der Waals surface area contributed by atoms with E-state index in [1.807, 2.05) is 42.2 Å². The molecule has 1 aliphatic heterocycles. The monoisotopic (exact) mass is 286 g/mol. The largest absolute Gasteiger partial charge is 0.351 e. The molecule has 1 aromatic rings. The molecule has 4 nitrogen and oxygen atoms in total. The molecule has 0 unspecified atom stereocenters. The highest BCUT2D eigenvalue weighted by atomic mass is 16.2. The minimum Gasteiger partial charge on any atom is -0.351 e. The Hall–Kier alpha value is -1.84. The van der Waals surface area contributed by atoms with Gasteiger partial charge in [-0.1, -0.05) is 37.3 Å². The topological polar surface area (TPSA) is 49.4 Å². The highest BCUT2D eigenvalue weighted by Crippen LogP contribution is 2.31. The second-order valence-corrected chi connectivity index (χ2v) is 6.06. The van der Waals surface area contributed by atoms with Crippen molar-refractivity contribution in [1.29, 1.82) is 0 Å². The Morgan fingerprint density at radius 3 is 2.67 bits per heavy atom. The van der Waals surface area contributed by atoms with E-state index in [9.17, 15) is 9.59 Å². The number of rotatable bonds is 5. The van der Waals surface area contributed by atoms with Crippen molar-refractivity contribution >= 4 is 11.8 Å². The summed E-state index contributed by atoms with van der Waals surface area (Å²) in [6.07, 6.45) is 3.46. The van der Waals surface area contributed by atoms with E-state index in [2.05, 4.69) is 5.32 Å². The van der Waals surface area contributed by atoms with E-state index < -0.39 is 0 Å². The molecule has 2 amide bonds. The van der Waals surface area contributed by atoms with Gasteiger partial charge in [0.2, 0.25) is 11.8 Å². The first kappa shape index (κ1) is 14.1. The van der Waals surface area contributed by atoms with Crippen LogP contribution in [0.1, 0.15) is 44.1 Å². The minimum absolute atomic E-state index is 0.0247. The third kappa shape index (κ3) is 3.09. The van der Waals surface area contributed by atoms with Crippen molar-refractivity contribution in [3.63, 3.8) is 0 Å². The quantitative estimate of drug-likeness (QED) is 0.900. The minimum atomic E-state index is -0.128. The number of likely N-dealkylation sites (tertiary alicyclic amines) is 1. The number of benzene rings is 1. The summed E-state index contributed by atoms with van der Waals surface area (Å²) in [6.45, 7) is 2.70. The fourth-order valence-electron chi connectivity index (χ4n) is 3.13. The van der Waals surface area contributed by atoms with E-state index in [1.54, 1.807) is 0 Å². The Morgan fingerprint density at radius 1 is 1.33 bits per heavy atom. The summed E-state index contributed by atoms with van der Waals surface area (Å²) in [4.78, 5) is 26.4. The van der Waals surface area contributed by atoms with Crippen LogP contribution in [0.2, 0.25) is 0 Å². The molecule has 1 saturated heterocycles. The molecule has 2 aliphatic rings. The van der Waals surface area contributed by atoms with Crippen molar-refractivity contribution in [2.24, 2.45) is 0 Å². The van der Waals surface area contributed by atoms with E-state index in [0.717, 1.165) is 24.8 Å². The number of nitrogens with zero attached hydrogens (tertiary/aromatic N) is 1. The molecule has 1 aromatic carbocycles. The van der Waals surface area contributed by atoms with E-state index in [4.69, 9.17) is 0 Å². The van der Waals surface area contributed by atoms with Gasteiger partial charge in [0.25, 0.3) is 0 Å². The van der Waals surface area contributed by atoms with E-state index >= 15 is 0 Å². The average molecular weight is 286 g/mol. The molecular formula is C17H22N2O2.